The third kappa shape index (κ3) is 35.2. The van der Waals surface area contributed by atoms with E-state index in [1.54, 1.807) is 0 Å². The first kappa shape index (κ1) is 62.4. The largest absolute Gasteiger partial charge is 0.472 e. The summed E-state index contributed by atoms with van der Waals surface area (Å²) in [6, 6.07) is 0. The van der Waals surface area contributed by atoms with Crippen LogP contribution in [0.5, 0.6) is 0 Å². The van der Waals surface area contributed by atoms with Gasteiger partial charge in [-0.15, -0.1) is 0 Å². The maximum absolute atomic E-state index is 12.9. The molecule has 6 unspecified atom stereocenters. The molecule has 65 heavy (non-hydrogen) atoms. The topological polar surface area (TPSA) is 192 Å². The van der Waals surface area contributed by atoms with Crippen molar-refractivity contribution < 1.29 is 58.3 Å². The van der Waals surface area contributed by atoms with E-state index in [4.69, 9.17) is 18.5 Å². The van der Waals surface area contributed by atoms with Crippen LogP contribution in [0.25, 0.3) is 0 Å². The Balaban J connectivity index is 2.27. The summed E-state index contributed by atoms with van der Waals surface area (Å²) in [7, 11) is -5.01. The number of phosphoric ester groups is 1. The molecule has 0 spiro atoms. The van der Waals surface area contributed by atoms with Crippen LogP contribution in [-0.2, 0) is 27.9 Å². The highest BCUT2D eigenvalue weighted by Gasteiger charge is 2.51. The second kappa shape index (κ2) is 43.4. The summed E-state index contributed by atoms with van der Waals surface area (Å²) in [6.07, 6.45) is 36.0. The van der Waals surface area contributed by atoms with Crippen molar-refractivity contribution >= 4 is 13.8 Å². The number of carbonyl (C=O) groups is 1. The van der Waals surface area contributed by atoms with E-state index in [0.717, 1.165) is 38.5 Å². The zero-order chi connectivity index (χ0) is 47.6. The average Bonchev–Trinajstić information content (AvgIpc) is 3.29. The van der Waals surface area contributed by atoms with Crippen LogP contribution in [0.2, 0.25) is 0 Å². The van der Waals surface area contributed by atoms with Crippen molar-refractivity contribution in [3.8, 4) is 0 Å². The highest BCUT2D eigenvalue weighted by Crippen LogP contribution is 2.47. The maximum Gasteiger partial charge on any atom is 0.472 e. The summed E-state index contributed by atoms with van der Waals surface area (Å²) >= 11 is 0. The van der Waals surface area contributed by atoms with Gasteiger partial charge in [0.1, 0.15) is 42.7 Å². The van der Waals surface area contributed by atoms with Gasteiger partial charge in [-0.3, -0.25) is 13.8 Å². The number of carbonyl (C=O) groups excluding carboxylic acids is 1. The van der Waals surface area contributed by atoms with Gasteiger partial charge in [0.25, 0.3) is 0 Å². The van der Waals surface area contributed by atoms with Crippen molar-refractivity contribution in [3.05, 3.63) is 0 Å². The molecule has 1 aliphatic rings. The number of phosphoric acid groups is 1. The predicted molar refractivity (Wildman–Crippen MR) is 263 cm³/mol. The number of unbranched alkanes of at least 4 members (excludes halogenated alkanes) is 36. The third-order valence-electron chi connectivity index (χ3n) is 13.2. The molecule has 0 aliphatic heterocycles. The summed E-state index contributed by atoms with van der Waals surface area (Å²) in [5, 5.41) is 50.3. The normalized spacial score (nSPS) is 21.4. The van der Waals surface area contributed by atoms with Gasteiger partial charge in [-0.2, -0.15) is 0 Å². The van der Waals surface area contributed by atoms with E-state index in [0.29, 0.717) is 13.0 Å². The number of aliphatic hydroxyl groups excluding tert-OH is 5. The van der Waals surface area contributed by atoms with Crippen LogP contribution in [0.4, 0.5) is 0 Å². The van der Waals surface area contributed by atoms with Crippen LogP contribution in [-0.4, -0.2) is 98.9 Å². The second-order valence-corrected chi connectivity index (χ2v) is 20.9. The number of esters is 1. The van der Waals surface area contributed by atoms with Gasteiger partial charge < -0.3 is 39.9 Å². The number of hydrogen-bond donors (Lipinski definition) is 6. The standard InChI is InChI=1S/C52H103O12P/c1-3-5-7-9-11-13-15-17-19-20-21-22-23-24-25-26-27-29-31-33-35-37-39-41-46(53)63-45(44-62-65(59,60)64-52-50(57)48(55)47(54)49(56)51(52)58)43-61-42-40-38-36-34-32-30-28-18-16-14-12-10-8-6-4-2/h45,47-52,54-58H,3-44H2,1-2H3,(H,59,60). The molecule has 1 rings (SSSR count). The van der Waals surface area contributed by atoms with Crippen molar-refractivity contribution in [1.29, 1.82) is 0 Å². The van der Waals surface area contributed by atoms with Crippen molar-refractivity contribution in [3.63, 3.8) is 0 Å². The minimum atomic E-state index is -5.01. The molecule has 12 nitrogen and oxygen atoms in total. The van der Waals surface area contributed by atoms with Gasteiger partial charge in [0.15, 0.2) is 0 Å². The van der Waals surface area contributed by atoms with E-state index in [2.05, 4.69) is 13.8 Å². The van der Waals surface area contributed by atoms with Gasteiger partial charge in [0.05, 0.1) is 13.2 Å². The highest BCUT2D eigenvalue weighted by atomic mass is 31.2. The van der Waals surface area contributed by atoms with Gasteiger partial charge >= 0.3 is 13.8 Å². The van der Waals surface area contributed by atoms with Gasteiger partial charge in [0.2, 0.25) is 0 Å². The Bertz CT molecular complexity index is 1080. The molecule has 0 heterocycles. The Labute approximate surface area is 397 Å². The predicted octanol–water partition coefficient (Wildman–Crippen LogP) is 12.5. The molecule has 0 aromatic rings. The average molecular weight is 951 g/mol. The van der Waals surface area contributed by atoms with Crippen LogP contribution in [0.1, 0.15) is 264 Å². The van der Waals surface area contributed by atoms with Gasteiger partial charge in [-0.05, 0) is 12.8 Å². The van der Waals surface area contributed by atoms with Crippen molar-refractivity contribution in [2.24, 2.45) is 0 Å². The number of rotatable bonds is 48. The zero-order valence-corrected chi connectivity index (χ0v) is 42.7. The lowest BCUT2D eigenvalue weighted by Crippen LogP contribution is -2.64. The number of ether oxygens (including phenoxy) is 2. The molecule has 6 atom stereocenters. The van der Waals surface area contributed by atoms with Crippen LogP contribution >= 0.6 is 7.82 Å². The lowest BCUT2D eigenvalue weighted by atomic mass is 9.85. The molecule has 1 saturated carbocycles. The molecule has 1 aliphatic carbocycles. The molecule has 0 radical (unpaired) electrons. The number of aliphatic hydroxyl groups is 5. The molecular formula is C52H103O12P. The highest BCUT2D eigenvalue weighted by molar-refractivity contribution is 7.47. The number of hydrogen-bond acceptors (Lipinski definition) is 11. The molecule has 388 valence electrons. The van der Waals surface area contributed by atoms with E-state index in [1.807, 2.05) is 0 Å². The Morgan fingerprint density at radius 3 is 1.06 bits per heavy atom. The molecule has 0 aromatic carbocycles. The quantitative estimate of drug-likeness (QED) is 0.0192. The molecule has 0 amide bonds. The summed E-state index contributed by atoms with van der Waals surface area (Å²) in [5.41, 5.74) is 0. The van der Waals surface area contributed by atoms with E-state index < -0.39 is 63.1 Å². The summed E-state index contributed by atoms with van der Waals surface area (Å²) in [6.45, 7) is 4.33. The lowest BCUT2D eigenvalue weighted by molar-refractivity contribution is -0.220. The molecule has 0 saturated heterocycles. The minimum Gasteiger partial charge on any atom is -0.457 e. The Kier molecular flexibility index (Phi) is 41.6. The molecule has 0 bridgehead atoms. The Morgan fingerprint density at radius 1 is 0.431 bits per heavy atom. The second-order valence-electron chi connectivity index (χ2n) is 19.5. The van der Waals surface area contributed by atoms with Crippen molar-refractivity contribution in [2.75, 3.05) is 19.8 Å². The molecule has 6 N–H and O–H groups in total. The third-order valence-corrected chi connectivity index (χ3v) is 14.2. The van der Waals surface area contributed by atoms with Gasteiger partial charge in [-0.25, -0.2) is 4.57 Å². The van der Waals surface area contributed by atoms with Gasteiger partial charge in [-0.1, -0.05) is 245 Å². The fraction of sp³-hybridized carbons (Fsp3) is 0.981. The van der Waals surface area contributed by atoms with Crippen molar-refractivity contribution in [1.82, 2.24) is 0 Å². The molecular weight excluding hydrogens is 848 g/mol. The molecule has 1 fully saturated rings. The van der Waals surface area contributed by atoms with E-state index >= 15 is 0 Å². The molecule has 0 aromatic heterocycles. The van der Waals surface area contributed by atoms with Crippen LogP contribution < -0.4 is 0 Å². The van der Waals surface area contributed by atoms with Crippen LogP contribution in [0.15, 0.2) is 0 Å². The summed E-state index contributed by atoms with van der Waals surface area (Å²) in [4.78, 5) is 23.3. The summed E-state index contributed by atoms with van der Waals surface area (Å²) < 4.78 is 34.3. The Hall–Kier alpha value is -0.660. The van der Waals surface area contributed by atoms with Crippen molar-refractivity contribution in [2.45, 2.75) is 307 Å². The van der Waals surface area contributed by atoms with E-state index in [-0.39, 0.29) is 13.0 Å². The summed E-state index contributed by atoms with van der Waals surface area (Å²) in [5.74, 6) is -0.468. The Morgan fingerprint density at radius 2 is 0.723 bits per heavy atom. The first-order valence-electron chi connectivity index (χ1n) is 27.4. The first-order valence-corrected chi connectivity index (χ1v) is 28.9. The SMILES string of the molecule is CCCCCCCCCCCCCCCCCCCCCCCCCC(=O)OC(COCCCCCCCCCCCCCCCCC)COP(=O)(O)OC1C(O)C(O)C(O)C(O)C1O. The van der Waals surface area contributed by atoms with E-state index in [1.165, 1.54) is 199 Å². The van der Waals surface area contributed by atoms with Crippen LogP contribution in [0, 0.1) is 0 Å². The smallest absolute Gasteiger partial charge is 0.457 e. The monoisotopic (exact) mass is 951 g/mol. The van der Waals surface area contributed by atoms with Gasteiger partial charge in [0, 0.05) is 13.0 Å². The maximum atomic E-state index is 12.9. The van der Waals surface area contributed by atoms with E-state index in [9.17, 15) is 39.8 Å². The fourth-order valence-electron chi connectivity index (χ4n) is 8.89. The molecule has 13 heteroatoms. The first-order chi connectivity index (χ1) is 31.5. The minimum absolute atomic E-state index is 0.0674. The fourth-order valence-corrected chi connectivity index (χ4v) is 9.86. The lowest BCUT2D eigenvalue weighted by Gasteiger charge is -2.41. The zero-order valence-electron chi connectivity index (χ0n) is 41.8. The van der Waals surface area contributed by atoms with Crippen LogP contribution in [0.3, 0.4) is 0 Å².